The van der Waals surface area contributed by atoms with Crippen LogP contribution in [0.25, 0.3) is 0 Å². The Hall–Kier alpha value is -1.61. The molecule has 0 atom stereocenters. The van der Waals surface area contributed by atoms with Crippen molar-refractivity contribution in [2.45, 2.75) is 45.8 Å². The van der Waals surface area contributed by atoms with Gasteiger partial charge >= 0.3 is 0 Å². The van der Waals surface area contributed by atoms with Gasteiger partial charge in [-0.2, -0.15) is 5.10 Å². The summed E-state index contributed by atoms with van der Waals surface area (Å²) >= 11 is 0. The summed E-state index contributed by atoms with van der Waals surface area (Å²) in [5.74, 6) is 0. The average Bonchev–Trinajstić information content (AvgIpc) is 2.88. The number of ether oxygens (including phenoxy) is 1. The van der Waals surface area contributed by atoms with Crippen molar-refractivity contribution < 1.29 is 4.74 Å². The van der Waals surface area contributed by atoms with Gasteiger partial charge in [-0.3, -0.25) is 4.68 Å². The first kappa shape index (κ1) is 14.8. The summed E-state index contributed by atoms with van der Waals surface area (Å²) in [6.07, 6.45) is 5.08. The van der Waals surface area contributed by atoms with Gasteiger partial charge in [0, 0.05) is 19.3 Å². The Morgan fingerprint density at radius 1 is 1.15 bits per heavy atom. The van der Waals surface area contributed by atoms with E-state index in [2.05, 4.69) is 44.2 Å². The molecule has 0 unspecified atom stereocenters. The normalized spacial score (nSPS) is 11.8. The van der Waals surface area contributed by atoms with E-state index >= 15 is 0 Å². The molecule has 108 valence electrons. The average molecular weight is 272 g/mol. The molecular formula is C17H24N2O. The lowest BCUT2D eigenvalue weighted by atomic mass is 9.90. The molecule has 2 aromatic rings. The molecule has 2 rings (SSSR count). The summed E-state index contributed by atoms with van der Waals surface area (Å²) < 4.78 is 7.68. The molecule has 3 heteroatoms. The molecule has 0 fully saturated rings. The van der Waals surface area contributed by atoms with Crippen LogP contribution < -0.4 is 0 Å². The predicted octanol–water partition coefficient (Wildman–Crippen LogP) is 3.79. The summed E-state index contributed by atoms with van der Waals surface area (Å²) in [7, 11) is 0. The van der Waals surface area contributed by atoms with E-state index in [-0.39, 0.29) is 5.41 Å². The fourth-order valence-electron chi connectivity index (χ4n) is 1.97. The van der Waals surface area contributed by atoms with Crippen molar-refractivity contribution in [3.8, 4) is 0 Å². The fraction of sp³-hybridized carbons (Fsp3) is 0.471. The molecule has 0 N–H and O–H groups in total. The van der Waals surface area contributed by atoms with Crippen molar-refractivity contribution in [2.24, 2.45) is 0 Å². The molecule has 1 aromatic carbocycles. The van der Waals surface area contributed by atoms with Crippen LogP contribution in [0.15, 0.2) is 42.7 Å². The maximum atomic E-state index is 5.67. The van der Waals surface area contributed by atoms with Gasteiger partial charge in [-0.15, -0.1) is 0 Å². The molecule has 0 aliphatic heterocycles. The summed E-state index contributed by atoms with van der Waals surface area (Å²) in [4.78, 5) is 0. The molecule has 0 bridgehead atoms. The molecule has 0 radical (unpaired) electrons. The van der Waals surface area contributed by atoms with E-state index in [1.165, 1.54) is 11.1 Å². The summed E-state index contributed by atoms with van der Waals surface area (Å²) in [5.41, 5.74) is 2.67. The standard InChI is InChI=1S/C17H24N2O/c1-17(2,3)16-12-18-19(13-16)10-7-11-20-14-15-8-5-4-6-9-15/h4-6,8-9,12-13H,7,10-11,14H2,1-3H3. The van der Waals surface area contributed by atoms with Crippen molar-refractivity contribution in [1.82, 2.24) is 9.78 Å². The van der Waals surface area contributed by atoms with Crippen LogP contribution in [0, 0.1) is 0 Å². The van der Waals surface area contributed by atoms with E-state index < -0.39 is 0 Å². The molecule has 1 heterocycles. The van der Waals surface area contributed by atoms with Gasteiger partial charge in [0.15, 0.2) is 0 Å². The first-order chi connectivity index (χ1) is 9.55. The van der Waals surface area contributed by atoms with Crippen LogP contribution in [-0.4, -0.2) is 16.4 Å². The Labute approximate surface area is 121 Å². The SMILES string of the molecule is CC(C)(C)c1cnn(CCCOCc2ccccc2)c1. The third-order valence-corrected chi connectivity index (χ3v) is 3.29. The quantitative estimate of drug-likeness (QED) is 0.748. The van der Waals surface area contributed by atoms with Crippen LogP contribution in [0.2, 0.25) is 0 Å². The molecular weight excluding hydrogens is 248 g/mol. The monoisotopic (exact) mass is 272 g/mol. The van der Waals surface area contributed by atoms with E-state index in [1.807, 2.05) is 29.1 Å². The Morgan fingerprint density at radius 3 is 2.55 bits per heavy atom. The van der Waals surface area contributed by atoms with Gasteiger partial charge < -0.3 is 4.74 Å². The lowest BCUT2D eigenvalue weighted by molar-refractivity contribution is 0.115. The number of hydrogen-bond donors (Lipinski definition) is 0. The number of nitrogens with zero attached hydrogens (tertiary/aromatic N) is 2. The van der Waals surface area contributed by atoms with Crippen molar-refractivity contribution in [3.63, 3.8) is 0 Å². The van der Waals surface area contributed by atoms with Crippen LogP contribution in [0.4, 0.5) is 0 Å². The summed E-state index contributed by atoms with van der Waals surface area (Å²) in [5, 5.41) is 4.40. The number of rotatable bonds is 6. The summed E-state index contributed by atoms with van der Waals surface area (Å²) in [6.45, 7) is 8.98. The third-order valence-electron chi connectivity index (χ3n) is 3.29. The minimum absolute atomic E-state index is 0.169. The molecule has 1 aromatic heterocycles. The number of hydrogen-bond acceptors (Lipinski definition) is 2. The maximum absolute atomic E-state index is 5.67. The fourth-order valence-corrected chi connectivity index (χ4v) is 1.97. The number of aromatic nitrogens is 2. The highest BCUT2D eigenvalue weighted by molar-refractivity contribution is 5.15. The second-order valence-electron chi connectivity index (χ2n) is 6.13. The Kier molecular flexibility index (Phi) is 4.96. The zero-order valence-electron chi connectivity index (χ0n) is 12.7. The Bertz CT molecular complexity index is 511. The van der Waals surface area contributed by atoms with Crippen molar-refractivity contribution in [2.75, 3.05) is 6.61 Å². The van der Waals surface area contributed by atoms with E-state index in [0.29, 0.717) is 6.61 Å². The van der Waals surface area contributed by atoms with Crippen molar-refractivity contribution in [3.05, 3.63) is 53.9 Å². The third kappa shape index (κ3) is 4.49. The van der Waals surface area contributed by atoms with Crippen LogP contribution in [0.3, 0.4) is 0 Å². The second kappa shape index (κ2) is 6.71. The van der Waals surface area contributed by atoms with Crippen LogP contribution in [0.1, 0.15) is 38.3 Å². The highest BCUT2D eigenvalue weighted by Gasteiger charge is 2.15. The molecule has 0 spiro atoms. The van der Waals surface area contributed by atoms with Crippen LogP contribution in [-0.2, 0) is 23.3 Å². The minimum atomic E-state index is 0.169. The molecule has 0 saturated carbocycles. The molecule has 0 aliphatic rings. The van der Waals surface area contributed by atoms with Gasteiger partial charge in [0.05, 0.1) is 12.8 Å². The van der Waals surface area contributed by atoms with E-state index in [4.69, 9.17) is 4.74 Å². The zero-order valence-corrected chi connectivity index (χ0v) is 12.7. The first-order valence-corrected chi connectivity index (χ1v) is 7.20. The Morgan fingerprint density at radius 2 is 1.90 bits per heavy atom. The van der Waals surface area contributed by atoms with Gasteiger partial charge in [0.25, 0.3) is 0 Å². The zero-order chi connectivity index (χ0) is 14.4. The largest absolute Gasteiger partial charge is 0.377 e. The van der Waals surface area contributed by atoms with E-state index in [9.17, 15) is 0 Å². The second-order valence-corrected chi connectivity index (χ2v) is 6.13. The number of benzene rings is 1. The maximum Gasteiger partial charge on any atom is 0.0716 e. The van der Waals surface area contributed by atoms with Gasteiger partial charge in [0.1, 0.15) is 0 Å². The van der Waals surface area contributed by atoms with Gasteiger partial charge in [-0.25, -0.2) is 0 Å². The predicted molar refractivity (Wildman–Crippen MR) is 81.6 cm³/mol. The van der Waals surface area contributed by atoms with E-state index in [0.717, 1.165) is 19.6 Å². The molecule has 0 amide bonds. The highest BCUT2D eigenvalue weighted by atomic mass is 16.5. The first-order valence-electron chi connectivity index (χ1n) is 7.20. The van der Waals surface area contributed by atoms with Gasteiger partial charge in [-0.1, -0.05) is 51.1 Å². The van der Waals surface area contributed by atoms with Gasteiger partial charge in [0.2, 0.25) is 0 Å². The van der Waals surface area contributed by atoms with Crippen LogP contribution in [0.5, 0.6) is 0 Å². The van der Waals surface area contributed by atoms with Gasteiger partial charge in [-0.05, 0) is 23.0 Å². The van der Waals surface area contributed by atoms with E-state index in [1.54, 1.807) is 0 Å². The lowest BCUT2D eigenvalue weighted by Gasteiger charge is -2.15. The molecule has 0 aliphatic carbocycles. The molecule has 3 nitrogen and oxygen atoms in total. The minimum Gasteiger partial charge on any atom is -0.377 e. The molecule has 0 saturated heterocycles. The topological polar surface area (TPSA) is 27.1 Å². The smallest absolute Gasteiger partial charge is 0.0716 e. The van der Waals surface area contributed by atoms with Crippen LogP contribution >= 0.6 is 0 Å². The van der Waals surface area contributed by atoms with Crippen molar-refractivity contribution in [1.29, 1.82) is 0 Å². The number of aryl methyl sites for hydroxylation is 1. The molecule has 20 heavy (non-hydrogen) atoms. The lowest BCUT2D eigenvalue weighted by Crippen LogP contribution is -2.09. The highest BCUT2D eigenvalue weighted by Crippen LogP contribution is 2.20. The van der Waals surface area contributed by atoms with Crippen molar-refractivity contribution >= 4 is 0 Å². The Balaban J connectivity index is 1.67. The summed E-state index contributed by atoms with van der Waals surface area (Å²) in [6, 6.07) is 10.3.